The molecule has 4 heteroatoms. The fourth-order valence-electron chi connectivity index (χ4n) is 2.78. The smallest absolute Gasteiger partial charge is 0.225 e. The molecule has 1 saturated heterocycles. The van der Waals surface area contributed by atoms with Gasteiger partial charge in [0.05, 0.1) is 12.5 Å². The summed E-state index contributed by atoms with van der Waals surface area (Å²) in [5.41, 5.74) is 6.61. The number of ether oxygens (including phenoxy) is 1. The number of rotatable bonds is 5. The van der Waals surface area contributed by atoms with Gasteiger partial charge in [0.25, 0.3) is 0 Å². The van der Waals surface area contributed by atoms with Crippen molar-refractivity contribution in [2.45, 2.75) is 25.7 Å². The Bertz CT molecular complexity index is 411. The lowest BCUT2D eigenvalue weighted by Crippen LogP contribution is -2.36. The zero-order chi connectivity index (χ0) is 13.7. The summed E-state index contributed by atoms with van der Waals surface area (Å²) < 4.78 is 5.42. The maximum absolute atomic E-state index is 11.8. The molecule has 4 nitrogen and oxygen atoms in total. The highest BCUT2D eigenvalue weighted by Crippen LogP contribution is 2.31. The highest BCUT2D eigenvalue weighted by molar-refractivity contribution is 5.82. The maximum Gasteiger partial charge on any atom is 0.225 e. The van der Waals surface area contributed by atoms with Crippen LogP contribution in [0.3, 0.4) is 0 Å². The second-order valence-corrected chi connectivity index (χ2v) is 4.97. The Balaban J connectivity index is 2.15. The summed E-state index contributed by atoms with van der Waals surface area (Å²) >= 11 is 0. The zero-order valence-corrected chi connectivity index (χ0v) is 11.4. The molecule has 1 heterocycles. The lowest BCUT2D eigenvalue weighted by Gasteiger charge is -2.29. The molecule has 1 fully saturated rings. The molecule has 1 atom stereocenters. The molecule has 1 aliphatic heterocycles. The summed E-state index contributed by atoms with van der Waals surface area (Å²) in [5.74, 6) is 0.769. The van der Waals surface area contributed by atoms with Gasteiger partial charge in [0.1, 0.15) is 5.75 Å². The number of nitrogens with one attached hydrogen (secondary N) is 1. The van der Waals surface area contributed by atoms with Crippen molar-refractivity contribution in [2.75, 3.05) is 19.7 Å². The Morgan fingerprint density at radius 1 is 1.37 bits per heavy atom. The van der Waals surface area contributed by atoms with Crippen molar-refractivity contribution in [3.63, 3.8) is 0 Å². The van der Waals surface area contributed by atoms with Gasteiger partial charge in [-0.15, -0.1) is 0 Å². The Morgan fingerprint density at radius 3 is 2.53 bits per heavy atom. The first-order valence-corrected chi connectivity index (χ1v) is 6.95. The van der Waals surface area contributed by atoms with Crippen molar-refractivity contribution in [3.05, 3.63) is 29.8 Å². The van der Waals surface area contributed by atoms with Gasteiger partial charge in [-0.2, -0.15) is 0 Å². The van der Waals surface area contributed by atoms with Crippen molar-refractivity contribution in [1.29, 1.82) is 0 Å². The van der Waals surface area contributed by atoms with Crippen molar-refractivity contribution in [1.82, 2.24) is 5.32 Å². The van der Waals surface area contributed by atoms with Crippen molar-refractivity contribution in [3.8, 4) is 5.75 Å². The molecule has 0 saturated carbocycles. The lowest BCUT2D eigenvalue weighted by molar-refractivity contribution is -0.120. The van der Waals surface area contributed by atoms with Crippen LogP contribution in [0, 0.1) is 5.92 Å². The Hall–Kier alpha value is -1.55. The number of nitrogens with two attached hydrogens (primary N) is 1. The van der Waals surface area contributed by atoms with Crippen LogP contribution in [0.15, 0.2) is 24.3 Å². The van der Waals surface area contributed by atoms with Crippen LogP contribution in [0.4, 0.5) is 0 Å². The molecule has 19 heavy (non-hydrogen) atoms. The van der Waals surface area contributed by atoms with E-state index >= 15 is 0 Å². The van der Waals surface area contributed by atoms with E-state index in [1.165, 1.54) is 0 Å². The number of benzene rings is 1. The average molecular weight is 262 g/mol. The molecular formula is C15H22N2O2. The fourth-order valence-corrected chi connectivity index (χ4v) is 2.78. The van der Waals surface area contributed by atoms with E-state index in [9.17, 15) is 4.79 Å². The highest BCUT2D eigenvalue weighted by atomic mass is 16.5. The number of piperidine rings is 1. The third kappa shape index (κ3) is 3.47. The van der Waals surface area contributed by atoms with Crippen LogP contribution in [0.1, 0.15) is 31.2 Å². The van der Waals surface area contributed by atoms with E-state index in [1.807, 2.05) is 31.2 Å². The van der Waals surface area contributed by atoms with Gasteiger partial charge >= 0.3 is 0 Å². The van der Waals surface area contributed by atoms with Crippen LogP contribution >= 0.6 is 0 Å². The van der Waals surface area contributed by atoms with E-state index in [1.54, 1.807) is 0 Å². The summed E-state index contributed by atoms with van der Waals surface area (Å²) in [6.45, 7) is 4.53. The second-order valence-electron chi connectivity index (χ2n) is 4.97. The van der Waals surface area contributed by atoms with Crippen LogP contribution in [0.2, 0.25) is 0 Å². The van der Waals surface area contributed by atoms with Crippen LogP contribution in [0.5, 0.6) is 5.75 Å². The van der Waals surface area contributed by atoms with E-state index in [0.29, 0.717) is 12.5 Å². The van der Waals surface area contributed by atoms with Crippen LogP contribution in [0.25, 0.3) is 0 Å². The van der Waals surface area contributed by atoms with Crippen LogP contribution in [-0.2, 0) is 4.79 Å². The fraction of sp³-hybridized carbons (Fsp3) is 0.533. The molecule has 3 N–H and O–H groups in total. The van der Waals surface area contributed by atoms with E-state index in [4.69, 9.17) is 10.5 Å². The Labute approximate surface area is 114 Å². The quantitative estimate of drug-likeness (QED) is 0.848. The van der Waals surface area contributed by atoms with Gasteiger partial charge in [0, 0.05) is 0 Å². The predicted octanol–water partition coefficient (Wildman–Crippen LogP) is 1.65. The average Bonchev–Trinajstić information content (AvgIpc) is 2.42. The minimum Gasteiger partial charge on any atom is -0.494 e. The molecule has 0 spiro atoms. The second kappa shape index (κ2) is 6.57. The van der Waals surface area contributed by atoms with E-state index in [2.05, 4.69) is 5.32 Å². The zero-order valence-electron chi connectivity index (χ0n) is 11.4. The van der Waals surface area contributed by atoms with E-state index in [-0.39, 0.29) is 11.8 Å². The molecule has 1 aromatic rings. The number of primary amides is 1. The minimum absolute atomic E-state index is 0.183. The third-order valence-electron chi connectivity index (χ3n) is 3.71. The molecule has 2 rings (SSSR count). The van der Waals surface area contributed by atoms with E-state index in [0.717, 1.165) is 37.2 Å². The standard InChI is InChI=1S/C15H22N2O2/c1-2-19-13-5-3-11(4-6-13)14(15(16)18)12-7-9-17-10-8-12/h3-6,12,14,17H,2,7-10H2,1H3,(H2,16,18). The molecule has 104 valence electrons. The third-order valence-corrected chi connectivity index (χ3v) is 3.71. The first-order valence-electron chi connectivity index (χ1n) is 6.95. The van der Waals surface area contributed by atoms with E-state index < -0.39 is 0 Å². The molecule has 0 aromatic heterocycles. The number of carbonyl (C=O) groups excluding carboxylic acids is 1. The Morgan fingerprint density at radius 2 is 2.00 bits per heavy atom. The lowest BCUT2D eigenvalue weighted by atomic mass is 9.80. The minimum atomic E-state index is -0.226. The van der Waals surface area contributed by atoms with Gasteiger partial charge in [-0.05, 0) is 56.5 Å². The normalized spacial score (nSPS) is 17.9. The highest BCUT2D eigenvalue weighted by Gasteiger charge is 2.29. The summed E-state index contributed by atoms with van der Waals surface area (Å²) in [5, 5.41) is 3.31. The predicted molar refractivity (Wildman–Crippen MR) is 75.1 cm³/mol. The van der Waals surface area contributed by atoms with Crippen LogP contribution in [-0.4, -0.2) is 25.6 Å². The van der Waals surface area contributed by atoms with Gasteiger partial charge in [-0.1, -0.05) is 12.1 Å². The van der Waals surface area contributed by atoms with Gasteiger partial charge in [-0.3, -0.25) is 4.79 Å². The first-order chi connectivity index (χ1) is 9.22. The van der Waals surface area contributed by atoms with Gasteiger partial charge in [0.15, 0.2) is 0 Å². The maximum atomic E-state index is 11.8. The summed E-state index contributed by atoms with van der Waals surface area (Å²) in [6.07, 6.45) is 2.00. The topological polar surface area (TPSA) is 64.3 Å². The molecular weight excluding hydrogens is 240 g/mol. The molecule has 0 bridgehead atoms. The van der Waals surface area contributed by atoms with Gasteiger partial charge in [0.2, 0.25) is 5.91 Å². The molecule has 1 amide bonds. The van der Waals surface area contributed by atoms with Gasteiger partial charge < -0.3 is 15.8 Å². The van der Waals surface area contributed by atoms with Crippen molar-refractivity contribution in [2.24, 2.45) is 11.7 Å². The monoisotopic (exact) mass is 262 g/mol. The SMILES string of the molecule is CCOc1ccc(C(C(N)=O)C2CCNCC2)cc1. The Kier molecular flexibility index (Phi) is 4.80. The van der Waals surface area contributed by atoms with Crippen molar-refractivity contribution < 1.29 is 9.53 Å². The summed E-state index contributed by atoms with van der Waals surface area (Å²) in [4.78, 5) is 11.8. The molecule has 1 unspecified atom stereocenters. The van der Waals surface area contributed by atoms with Gasteiger partial charge in [-0.25, -0.2) is 0 Å². The largest absolute Gasteiger partial charge is 0.494 e. The summed E-state index contributed by atoms with van der Waals surface area (Å²) in [6, 6.07) is 7.75. The number of hydrogen-bond acceptors (Lipinski definition) is 3. The number of amides is 1. The van der Waals surface area contributed by atoms with Crippen LogP contribution < -0.4 is 15.8 Å². The first kappa shape index (κ1) is 13.9. The molecule has 0 aliphatic carbocycles. The summed E-state index contributed by atoms with van der Waals surface area (Å²) in [7, 11) is 0. The molecule has 1 aliphatic rings. The molecule has 1 aromatic carbocycles. The molecule has 0 radical (unpaired) electrons. The number of carbonyl (C=O) groups is 1. The van der Waals surface area contributed by atoms with Crippen molar-refractivity contribution >= 4 is 5.91 Å². The number of hydrogen-bond donors (Lipinski definition) is 2.